The molecule has 0 saturated heterocycles. The third-order valence-corrected chi connectivity index (χ3v) is 5.40. The first kappa shape index (κ1) is 15.5. The number of benzene rings is 2. The predicted octanol–water partition coefficient (Wildman–Crippen LogP) is 2.07. The fourth-order valence-corrected chi connectivity index (χ4v) is 3.41. The quantitative estimate of drug-likeness (QED) is 0.917. The molecule has 0 fully saturated rings. The first-order valence-corrected chi connectivity index (χ1v) is 8.08. The molecule has 0 aliphatic carbocycles. The Kier molecular flexibility index (Phi) is 4.29. The van der Waals surface area contributed by atoms with Crippen LogP contribution in [0.5, 0.6) is 0 Å². The van der Waals surface area contributed by atoms with E-state index in [1.807, 2.05) is 36.4 Å². The Hall–Kier alpha value is -1.92. The third kappa shape index (κ3) is 3.40. The summed E-state index contributed by atoms with van der Waals surface area (Å²) in [7, 11) is -2.39. The molecule has 6 heteroatoms. The molecular weight excluding hydrogens is 290 g/mol. The van der Waals surface area contributed by atoms with Crippen molar-refractivity contribution in [3.8, 4) is 0 Å². The molecule has 0 aromatic heterocycles. The number of carbonyl (C=O) groups is 1. The molecule has 5 nitrogen and oxygen atoms in total. The number of nitrogens with zero attached hydrogens (tertiary/aromatic N) is 1. The zero-order valence-corrected chi connectivity index (χ0v) is 12.7. The fourth-order valence-electron chi connectivity index (χ4n) is 2.04. The van der Waals surface area contributed by atoms with Gasteiger partial charge in [-0.05, 0) is 23.3 Å². The van der Waals surface area contributed by atoms with E-state index in [9.17, 15) is 13.2 Å². The van der Waals surface area contributed by atoms with Crippen molar-refractivity contribution in [1.29, 1.82) is 0 Å². The monoisotopic (exact) mass is 307 g/mol. The maximum Gasteiger partial charge on any atom is 0.321 e. The van der Waals surface area contributed by atoms with Crippen LogP contribution in [-0.2, 0) is 20.6 Å². The average molecular weight is 307 g/mol. The Labute approximate surface area is 123 Å². The Bertz CT molecular complexity index is 770. The van der Waals surface area contributed by atoms with Crippen molar-refractivity contribution >= 4 is 26.8 Å². The summed E-state index contributed by atoms with van der Waals surface area (Å²) in [6.45, 7) is 1.35. The standard InChI is InChI=1S/C15H17NO4S/c1-11(15(17)18)16(2)21(19,20)10-12-7-8-13-5-3-4-6-14(13)9-12/h3-9,11H,10H2,1-2H3,(H,17,18). The van der Waals surface area contributed by atoms with Crippen LogP contribution in [0.1, 0.15) is 12.5 Å². The van der Waals surface area contributed by atoms with E-state index < -0.39 is 22.0 Å². The van der Waals surface area contributed by atoms with Gasteiger partial charge >= 0.3 is 5.97 Å². The van der Waals surface area contributed by atoms with Crippen LogP contribution in [0.2, 0.25) is 0 Å². The highest BCUT2D eigenvalue weighted by molar-refractivity contribution is 7.88. The van der Waals surface area contributed by atoms with Crippen molar-refractivity contribution in [3.63, 3.8) is 0 Å². The summed E-state index contributed by atoms with van der Waals surface area (Å²) in [5.74, 6) is -1.38. The summed E-state index contributed by atoms with van der Waals surface area (Å²) in [6, 6.07) is 12.0. The summed E-state index contributed by atoms with van der Waals surface area (Å²) in [5, 5.41) is 10.9. The van der Waals surface area contributed by atoms with E-state index >= 15 is 0 Å². The van der Waals surface area contributed by atoms with Gasteiger partial charge in [0.2, 0.25) is 10.0 Å². The lowest BCUT2D eigenvalue weighted by molar-refractivity contribution is -0.140. The van der Waals surface area contributed by atoms with Crippen molar-refractivity contribution < 1.29 is 18.3 Å². The topological polar surface area (TPSA) is 74.7 Å². The van der Waals surface area contributed by atoms with Crippen molar-refractivity contribution in [3.05, 3.63) is 48.0 Å². The van der Waals surface area contributed by atoms with Crippen molar-refractivity contribution in [2.75, 3.05) is 7.05 Å². The molecule has 0 heterocycles. The minimum atomic E-state index is -3.67. The Morgan fingerprint density at radius 1 is 1.19 bits per heavy atom. The number of likely N-dealkylation sites (N-methyl/N-ethyl adjacent to an activating group) is 1. The molecule has 0 bridgehead atoms. The molecule has 0 aliphatic rings. The van der Waals surface area contributed by atoms with Gasteiger partial charge < -0.3 is 5.11 Å². The van der Waals surface area contributed by atoms with E-state index in [4.69, 9.17) is 5.11 Å². The summed E-state index contributed by atoms with van der Waals surface area (Å²) < 4.78 is 25.4. The highest BCUT2D eigenvalue weighted by Gasteiger charge is 2.27. The largest absolute Gasteiger partial charge is 0.480 e. The van der Waals surface area contributed by atoms with E-state index in [0.29, 0.717) is 5.56 Å². The zero-order chi connectivity index (χ0) is 15.6. The molecule has 2 aromatic rings. The summed E-state index contributed by atoms with van der Waals surface area (Å²) in [4.78, 5) is 10.9. The number of sulfonamides is 1. The second-order valence-electron chi connectivity index (χ2n) is 4.97. The number of hydrogen-bond donors (Lipinski definition) is 1. The molecule has 2 rings (SSSR count). The van der Waals surface area contributed by atoms with Gasteiger partial charge in [-0.2, -0.15) is 4.31 Å². The van der Waals surface area contributed by atoms with Gasteiger partial charge in [-0.3, -0.25) is 4.79 Å². The van der Waals surface area contributed by atoms with E-state index in [-0.39, 0.29) is 5.75 Å². The van der Waals surface area contributed by atoms with Crippen LogP contribution < -0.4 is 0 Å². The Morgan fingerprint density at radius 2 is 1.81 bits per heavy atom. The van der Waals surface area contributed by atoms with Crippen molar-refractivity contribution in [1.82, 2.24) is 4.31 Å². The number of carboxylic acid groups (broad SMARTS) is 1. The molecular formula is C15H17NO4S. The molecule has 112 valence electrons. The molecule has 0 saturated carbocycles. The van der Waals surface area contributed by atoms with Crippen LogP contribution in [0.15, 0.2) is 42.5 Å². The van der Waals surface area contributed by atoms with Gasteiger partial charge in [0.25, 0.3) is 0 Å². The van der Waals surface area contributed by atoms with E-state index in [1.54, 1.807) is 6.07 Å². The first-order chi connectivity index (χ1) is 9.81. The lowest BCUT2D eigenvalue weighted by Crippen LogP contribution is -2.40. The van der Waals surface area contributed by atoms with Gasteiger partial charge in [0.1, 0.15) is 6.04 Å². The second-order valence-corrected chi connectivity index (χ2v) is 7.00. The van der Waals surface area contributed by atoms with Crippen molar-refractivity contribution in [2.24, 2.45) is 0 Å². The molecule has 2 aromatic carbocycles. The van der Waals surface area contributed by atoms with Crippen LogP contribution in [0, 0.1) is 0 Å². The van der Waals surface area contributed by atoms with E-state index in [0.717, 1.165) is 15.1 Å². The maximum atomic E-state index is 12.2. The normalized spacial score (nSPS) is 13.5. The lowest BCUT2D eigenvalue weighted by Gasteiger charge is -2.21. The van der Waals surface area contributed by atoms with Gasteiger partial charge in [0, 0.05) is 7.05 Å². The number of rotatable bonds is 5. The second kappa shape index (κ2) is 5.83. The lowest BCUT2D eigenvalue weighted by atomic mass is 10.1. The van der Waals surface area contributed by atoms with Gasteiger partial charge in [0.15, 0.2) is 0 Å². The molecule has 21 heavy (non-hydrogen) atoms. The van der Waals surface area contributed by atoms with E-state index in [1.165, 1.54) is 14.0 Å². The summed E-state index contributed by atoms with van der Waals surface area (Å²) in [5.41, 5.74) is 0.637. The van der Waals surface area contributed by atoms with Gasteiger partial charge in [0.05, 0.1) is 5.75 Å². The fraction of sp³-hybridized carbons (Fsp3) is 0.267. The van der Waals surface area contributed by atoms with Gasteiger partial charge in [-0.25, -0.2) is 8.42 Å². The van der Waals surface area contributed by atoms with Crippen LogP contribution in [0.3, 0.4) is 0 Å². The van der Waals surface area contributed by atoms with Gasteiger partial charge in [-0.1, -0.05) is 42.5 Å². The van der Waals surface area contributed by atoms with E-state index in [2.05, 4.69) is 0 Å². The highest BCUT2D eigenvalue weighted by Crippen LogP contribution is 2.19. The molecule has 0 spiro atoms. The molecule has 0 radical (unpaired) electrons. The minimum absolute atomic E-state index is 0.216. The zero-order valence-electron chi connectivity index (χ0n) is 11.9. The number of hydrogen-bond acceptors (Lipinski definition) is 3. The molecule has 1 unspecified atom stereocenters. The van der Waals surface area contributed by atoms with Crippen LogP contribution >= 0.6 is 0 Å². The first-order valence-electron chi connectivity index (χ1n) is 6.47. The van der Waals surface area contributed by atoms with Crippen LogP contribution in [0.4, 0.5) is 0 Å². The number of aliphatic carboxylic acids is 1. The van der Waals surface area contributed by atoms with Crippen LogP contribution in [0.25, 0.3) is 10.8 Å². The van der Waals surface area contributed by atoms with Crippen molar-refractivity contribution in [2.45, 2.75) is 18.7 Å². The third-order valence-electron chi connectivity index (χ3n) is 3.50. The Balaban J connectivity index is 2.28. The summed E-state index contributed by atoms with van der Waals surface area (Å²) >= 11 is 0. The highest BCUT2D eigenvalue weighted by atomic mass is 32.2. The van der Waals surface area contributed by atoms with Gasteiger partial charge in [-0.15, -0.1) is 0 Å². The molecule has 1 atom stereocenters. The Morgan fingerprint density at radius 3 is 2.43 bits per heavy atom. The SMILES string of the molecule is CC(C(=O)O)N(C)S(=O)(=O)Cc1ccc2ccccc2c1. The van der Waals surface area contributed by atoms with Crippen LogP contribution in [-0.4, -0.2) is 36.9 Å². The minimum Gasteiger partial charge on any atom is -0.480 e. The molecule has 0 aliphatic heterocycles. The maximum absolute atomic E-state index is 12.2. The summed E-state index contributed by atoms with van der Waals surface area (Å²) in [6.07, 6.45) is 0. The smallest absolute Gasteiger partial charge is 0.321 e. The number of carboxylic acids is 1. The molecule has 0 amide bonds. The average Bonchev–Trinajstić information content (AvgIpc) is 2.45. The number of fused-ring (bicyclic) bond motifs is 1. The predicted molar refractivity (Wildman–Crippen MR) is 81.4 cm³/mol. The molecule has 1 N–H and O–H groups in total.